The maximum absolute atomic E-state index is 12.3. The van der Waals surface area contributed by atoms with Gasteiger partial charge in [0.15, 0.2) is 0 Å². The molecule has 6 nitrogen and oxygen atoms in total. The number of hydrogen-bond acceptors (Lipinski definition) is 4. The van der Waals surface area contributed by atoms with Gasteiger partial charge in [-0.3, -0.25) is 9.10 Å². The van der Waals surface area contributed by atoms with Crippen LogP contribution in [0.15, 0.2) is 42.5 Å². The minimum absolute atomic E-state index is 0.00274. The first kappa shape index (κ1) is 19.5. The normalized spacial score (nSPS) is 10.8. The highest BCUT2D eigenvalue weighted by molar-refractivity contribution is 7.92. The van der Waals surface area contributed by atoms with Crippen LogP contribution in [0.5, 0.6) is 0 Å². The van der Waals surface area contributed by atoms with Crippen LogP contribution in [0.3, 0.4) is 0 Å². The largest absolute Gasteiger partial charge is 0.326 e. The fourth-order valence-electron chi connectivity index (χ4n) is 2.50. The second-order valence-electron chi connectivity index (χ2n) is 6.11. The van der Waals surface area contributed by atoms with Gasteiger partial charge in [0, 0.05) is 18.7 Å². The molecule has 7 heteroatoms. The Morgan fingerprint density at radius 3 is 2.58 bits per heavy atom. The van der Waals surface area contributed by atoms with E-state index in [1.165, 1.54) is 6.07 Å². The first-order chi connectivity index (χ1) is 12.2. The van der Waals surface area contributed by atoms with Crippen molar-refractivity contribution >= 4 is 27.3 Å². The third-order valence-corrected chi connectivity index (χ3v) is 5.07. The molecule has 0 unspecified atom stereocenters. The molecule has 0 spiro atoms. The van der Waals surface area contributed by atoms with Gasteiger partial charge < -0.3 is 5.32 Å². The molecule has 0 fully saturated rings. The summed E-state index contributed by atoms with van der Waals surface area (Å²) in [7, 11) is -3.58. The molecule has 2 aromatic carbocycles. The zero-order chi connectivity index (χ0) is 19.3. The van der Waals surface area contributed by atoms with Crippen molar-refractivity contribution in [3.05, 3.63) is 59.2 Å². The monoisotopic (exact) mass is 371 g/mol. The summed E-state index contributed by atoms with van der Waals surface area (Å²) in [6, 6.07) is 14.0. The number of anilines is 2. The van der Waals surface area contributed by atoms with Crippen molar-refractivity contribution in [1.29, 1.82) is 5.26 Å². The summed E-state index contributed by atoms with van der Waals surface area (Å²) in [5.74, 6) is -0.274. The highest BCUT2D eigenvalue weighted by Gasteiger charge is 2.19. The number of sulfonamides is 1. The van der Waals surface area contributed by atoms with E-state index in [1.807, 2.05) is 38.1 Å². The highest BCUT2D eigenvalue weighted by Crippen LogP contribution is 2.20. The Morgan fingerprint density at radius 2 is 1.92 bits per heavy atom. The molecule has 0 atom stereocenters. The van der Waals surface area contributed by atoms with E-state index in [0.717, 1.165) is 21.7 Å². The standard InChI is InChI=1S/C19H21N3O3S/c1-14-7-8-15(2)18(11-14)21-19(23)9-10-22(26(3,24)25)17-6-4-5-16(12-17)13-20/h4-8,11-12H,9-10H2,1-3H3,(H,21,23). The number of nitriles is 1. The van der Waals surface area contributed by atoms with Gasteiger partial charge in [0.05, 0.1) is 23.6 Å². The van der Waals surface area contributed by atoms with Crippen LogP contribution in [0.1, 0.15) is 23.1 Å². The minimum atomic E-state index is -3.58. The van der Waals surface area contributed by atoms with E-state index in [0.29, 0.717) is 16.9 Å². The lowest BCUT2D eigenvalue weighted by Gasteiger charge is -2.22. The summed E-state index contributed by atoms with van der Waals surface area (Å²) in [4.78, 5) is 12.3. The fourth-order valence-corrected chi connectivity index (χ4v) is 3.42. The highest BCUT2D eigenvalue weighted by atomic mass is 32.2. The first-order valence-corrected chi connectivity index (χ1v) is 9.90. The van der Waals surface area contributed by atoms with Crippen LogP contribution in [0.25, 0.3) is 0 Å². The molecule has 2 rings (SSSR count). The molecule has 1 N–H and O–H groups in total. The van der Waals surface area contributed by atoms with Crippen LogP contribution >= 0.6 is 0 Å². The number of nitrogens with one attached hydrogen (secondary N) is 1. The average Bonchev–Trinajstić information content (AvgIpc) is 2.57. The Labute approximate surface area is 154 Å². The zero-order valence-corrected chi connectivity index (χ0v) is 15.8. The summed E-state index contributed by atoms with van der Waals surface area (Å²) < 4.78 is 25.4. The number of aryl methyl sites for hydroxylation is 2. The SMILES string of the molecule is Cc1ccc(C)c(NC(=O)CCN(c2cccc(C#N)c2)S(C)(=O)=O)c1. The van der Waals surface area contributed by atoms with Gasteiger partial charge in [0.1, 0.15) is 0 Å². The van der Waals surface area contributed by atoms with Crippen LogP contribution in [-0.4, -0.2) is 27.1 Å². The summed E-state index contributed by atoms with van der Waals surface area (Å²) in [6.07, 6.45) is 1.08. The number of benzene rings is 2. The van der Waals surface area contributed by atoms with Gasteiger partial charge in [0.2, 0.25) is 15.9 Å². The Kier molecular flexibility index (Phi) is 6.01. The lowest BCUT2D eigenvalue weighted by molar-refractivity contribution is -0.116. The van der Waals surface area contributed by atoms with Crippen LogP contribution in [0.4, 0.5) is 11.4 Å². The molecule has 0 heterocycles. The number of nitrogens with zero attached hydrogens (tertiary/aromatic N) is 2. The number of rotatable bonds is 6. The molecule has 0 aliphatic carbocycles. The summed E-state index contributed by atoms with van der Waals surface area (Å²) in [6.45, 7) is 3.82. The lowest BCUT2D eigenvalue weighted by atomic mass is 10.1. The topological polar surface area (TPSA) is 90.3 Å². The molecular formula is C19H21N3O3S. The maximum atomic E-state index is 12.3. The molecule has 0 aromatic heterocycles. The molecular weight excluding hydrogens is 350 g/mol. The van der Waals surface area contributed by atoms with Crippen molar-refractivity contribution in [2.75, 3.05) is 22.4 Å². The van der Waals surface area contributed by atoms with Crippen molar-refractivity contribution < 1.29 is 13.2 Å². The Hall–Kier alpha value is -2.85. The second-order valence-corrected chi connectivity index (χ2v) is 8.02. The molecule has 2 aromatic rings. The molecule has 0 aliphatic heterocycles. The van der Waals surface area contributed by atoms with Crippen molar-refractivity contribution in [2.45, 2.75) is 20.3 Å². The van der Waals surface area contributed by atoms with Crippen molar-refractivity contribution in [3.63, 3.8) is 0 Å². The molecule has 0 radical (unpaired) electrons. The number of carbonyl (C=O) groups is 1. The summed E-state index contributed by atoms with van der Waals surface area (Å²) in [5, 5.41) is 11.8. The maximum Gasteiger partial charge on any atom is 0.232 e. The summed E-state index contributed by atoms with van der Waals surface area (Å²) in [5.41, 5.74) is 3.40. The van der Waals surface area contributed by atoms with Gasteiger partial charge >= 0.3 is 0 Å². The predicted octanol–water partition coefficient (Wildman–Crippen LogP) is 2.97. The van der Waals surface area contributed by atoms with E-state index in [-0.39, 0.29) is 18.9 Å². The molecule has 0 bridgehead atoms. The number of hydrogen-bond donors (Lipinski definition) is 1. The smallest absolute Gasteiger partial charge is 0.232 e. The van der Waals surface area contributed by atoms with Gasteiger partial charge in [-0.1, -0.05) is 18.2 Å². The van der Waals surface area contributed by atoms with Gasteiger partial charge in [-0.2, -0.15) is 5.26 Å². The zero-order valence-electron chi connectivity index (χ0n) is 15.0. The molecule has 0 saturated heterocycles. The molecule has 0 saturated carbocycles. The average molecular weight is 371 g/mol. The Morgan fingerprint density at radius 1 is 1.19 bits per heavy atom. The quantitative estimate of drug-likeness (QED) is 0.845. The molecule has 136 valence electrons. The number of carbonyl (C=O) groups excluding carboxylic acids is 1. The van der Waals surface area contributed by atoms with Crippen molar-refractivity contribution in [3.8, 4) is 6.07 Å². The van der Waals surface area contributed by atoms with Crippen LogP contribution < -0.4 is 9.62 Å². The van der Waals surface area contributed by atoms with Crippen LogP contribution in [-0.2, 0) is 14.8 Å². The number of amides is 1. The first-order valence-electron chi connectivity index (χ1n) is 8.05. The predicted molar refractivity (Wildman–Crippen MR) is 103 cm³/mol. The fraction of sp³-hybridized carbons (Fsp3) is 0.263. The van der Waals surface area contributed by atoms with Gasteiger partial charge in [-0.05, 0) is 49.2 Å². The van der Waals surface area contributed by atoms with Gasteiger partial charge in [-0.15, -0.1) is 0 Å². The molecule has 0 aliphatic rings. The van der Waals surface area contributed by atoms with Crippen LogP contribution in [0, 0.1) is 25.2 Å². The second kappa shape index (κ2) is 8.02. The third-order valence-electron chi connectivity index (χ3n) is 3.87. The minimum Gasteiger partial charge on any atom is -0.326 e. The van der Waals surface area contributed by atoms with E-state index in [1.54, 1.807) is 18.2 Å². The molecule has 1 amide bonds. The van der Waals surface area contributed by atoms with E-state index >= 15 is 0 Å². The Balaban J connectivity index is 2.13. The van der Waals surface area contributed by atoms with Crippen molar-refractivity contribution in [2.24, 2.45) is 0 Å². The van der Waals surface area contributed by atoms with Crippen LogP contribution in [0.2, 0.25) is 0 Å². The van der Waals surface area contributed by atoms with E-state index < -0.39 is 10.0 Å². The lowest BCUT2D eigenvalue weighted by Crippen LogP contribution is -2.33. The molecule has 26 heavy (non-hydrogen) atoms. The van der Waals surface area contributed by atoms with Gasteiger partial charge in [-0.25, -0.2) is 8.42 Å². The van der Waals surface area contributed by atoms with E-state index in [4.69, 9.17) is 5.26 Å². The van der Waals surface area contributed by atoms with E-state index in [9.17, 15) is 13.2 Å². The van der Waals surface area contributed by atoms with Crippen molar-refractivity contribution in [1.82, 2.24) is 0 Å². The third kappa shape index (κ3) is 5.07. The Bertz CT molecular complexity index is 962. The summed E-state index contributed by atoms with van der Waals surface area (Å²) >= 11 is 0. The van der Waals surface area contributed by atoms with E-state index in [2.05, 4.69) is 5.32 Å². The van der Waals surface area contributed by atoms with Gasteiger partial charge in [0.25, 0.3) is 0 Å².